The summed E-state index contributed by atoms with van der Waals surface area (Å²) in [6.07, 6.45) is 6.74. The van der Waals surface area contributed by atoms with E-state index in [4.69, 9.17) is 16.3 Å². The van der Waals surface area contributed by atoms with Gasteiger partial charge in [0, 0.05) is 36.5 Å². The molecule has 1 aromatic carbocycles. The standard InChI is InChI=1S/C21H21ClN4O3/c1-29-21(28)19-6-3-9-25(19)17-7-10-24(11-8-17)20(27)15-13-23-26(14-15)18-5-2-4-16(22)12-18/h2-6,9,12-14,17H,7-8,10-11H2,1H3. The third kappa shape index (κ3) is 3.91. The van der Waals surface area contributed by atoms with E-state index < -0.39 is 0 Å². The lowest BCUT2D eigenvalue weighted by atomic mass is 10.0. The van der Waals surface area contributed by atoms with Crippen LogP contribution in [0.2, 0.25) is 5.02 Å². The number of piperidine rings is 1. The molecule has 7 nitrogen and oxygen atoms in total. The fourth-order valence-corrected chi connectivity index (χ4v) is 3.90. The second-order valence-electron chi connectivity index (χ2n) is 6.97. The molecule has 29 heavy (non-hydrogen) atoms. The molecule has 1 saturated heterocycles. The van der Waals surface area contributed by atoms with Crippen LogP contribution in [-0.4, -0.2) is 51.3 Å². The minimum atomic E-state index is -0.345. The third-order valence-electron chi connectivity index (χ3n) is 5.22. The van der Waals surface area contributed by atoms with E-state index in [0.717, 1.165) is 18.5 Å². The average molecular weight is 413 g/mol. The lowest BCUT2D eigenvalue weighted by Gasteiger charge is -2.33. The summed E-state index contributed by atoms with van der Waals surface area (Å²) in [7, 11) is 1.38. The van der Waals surface area contributed by atoms with Crippen molar-refractivity contribution >= 4 is 23.5 Å². The summed E-state index contributed by atoms with van der Waals surface area (Å²) in [6.45, 7) is 1.23. The Morgan fingerprint density at radius 1 is 1.17 bits per heavy atom. The molecule has 0 aliphatic carbocycles. The number of benzene rings is 1. The van der Waals surface area contributed by atoms with Gasteiger partial charge < -0.3 is 14.2 Å². The zero-order valence-electron chi connectivity index (χ0n) is 16.0. The Balaban J connectivity index is 1.42. The zero-order chi connectivity index (χ0) is 20.4. The summed E-state index contributed by atoms with van der Waals surface area (Å²) < 4.78 is 8.44. The smallest absolute Gasteiger partial charge is 0.354 e. The number of halogens is 1. The zero-order valence-corrected chi connectivity index (χ0v) is 16.7. The van der Waals surface area contributed by atoms with Crippen molar-refractivity contribution in [2.45, 2.75) is 18.9 Å². The molecular weight excluding hydrogens is 392 g/mol. The highest BCUT2D eigenvalue weighted by molar-refractivity contribution is 6.30. The maximum Gasteiger partial charge on any atom is 0.354 e. The Labute approximate surface area is 173 Å². The van der Waals surface area contributed by atoms with Crippen LogP contribution in [0.1, 0.15) is 39.7 Å². The molecule has 0 N–H and O–H groups in total. The molecule has 0 atom stereocenters. The number of amides is 1. The summed E-state index contributed by atoms with van der Waals surface area (Å²) >= 11 is 6.03. The fraction of sp³-hybridized carbons (Fsp3) is 0.286. The number of hydrogen-bond donors (Lipinski definition) is 0. The number of likely N-dealkylation sites (tertiary alicyclic amines) is 1. The van der Waals surface area contributed by atoms with E-state index in [9.17, 15) is 9.59 Å². The number of aromatic nitrogens is 3. The second kappa shape index (κ2) is 8.13. The van der Waals surface area contributed by atoms with Gasteiger partial charge in [-0.2, -0.15) is 5.10 Å². The molecule has 150 valence electrons. The molecule has 4 rings (SSSR count). The predicted octanol–water partition coefficient (Wildman–Crippen LogP) is 3.59. The number of carbonyl (C=O) groups is 2. The van der Waals surface area contributed by atoms with Crippen molar-refractivity contribution in [2.75, 3.05) is 20.2 Å². The summed E-state index contributed by atoms with van der Waals surface area (Å²) in [5.74, 6) is -0.389. The van der Waals surface area contributed by atoms with Gasteiger partial charge in [0.1, 0.15) is 5.69 Å². The first-order chi connectivity index (χ1) is 14.1. The highest BCUT2D eigenvalue weighted by Crippen LogP contribution is 2.26. The van der Waals surface area contributed by atoms with Gasteiger partial charge in [-0.3, -0.25) is 4.79 Å². The first-order valence-electron chi connectivity index (χ1n) is 9.42. The van der Waals surface area contributed by atoms with Crippen molar-refractivity contribution in [2.24, 2.45) is 0 Å². The monoisotopic (exact) mass is 412 g/mol. The van der Waals surface area contributed by atoms with Crippen molar-refractivity contribution in [3.63, 3.8) is 0 Å². The number of methoxy groups -OCH3 is 1. The van der Waals surface area contributed by atoms with Gasteiger partial charge in [-0.1, -0.05) is 17.7 Å². The Kier molecular flexibility index (Phi) is 5.40. The van der Waals surface area contributed by atoms with Gasteiger partial charge in [0.15, 0.2) is 0 Å². The lowest BCUT2D eigenvalue weighted by molar-refractivity contribution is 0.0573. The topological polar surface area (TPSA) is 69.4 Å². The van der Waals surface area contributed by atoms with Gasteiger partial charge in [0.2, 0.25) is 0 Å². The normalized spacial score (nSPS) is 14.8. The molecule has 1 aliphatic rings. The molecule has 2 aromatic heterocycles. The van der Waals surface area contributed by atoms with E-state index >= 15 is 0 Å². The number of nitrogens with zero attached hydrogens (tertiary/aromatic N) is 4. The van der Waals surface area contributed by atoms with Crippen LogP contribution in [0, 0.1) is 0 Å². The van der Waals surface area contributed by atoms with Crippen molar-refractivity contribution in [1.82, 2.24) is 19.2 Å². The van der Waals surface area contributed by atoms with Crippen LogP contribution in [-0.2, 0) is 4.74 Å². The Hall–Kier alpha value is -3.06. The lowest BCUT2D eigenvalue weighted by Crippen LogP contribution is -2.39. The summed E-state index contributed by atoms with van der Waals surface area (Å²) in [5, 5.41) is 4.91. The summed E-state index contributed by atoms with van der Waals surface area (Å²) in [6, 6.07) is 11.1. The minimum absolute atomic E-state index is 0.0441. The SMILES string of the molecule is COC(=O)c1cccn1C1CCN(C(=O)c2cnn(-c3cccc(Cl)c3)c2)CC1. The van der Waals surface area contributed by atoms with E-state index in [2.05, 4.69) is 5.10 Å². The molecular formula is C21H21ClN4O3. The van der Waals surface area contributed by atoms with Crippen LogP contribution in [0.15, 0.2) is 55.0 Å². The van der Waals surface area contributed by atoms with Gasteiger partial charge in [-0.05, 0) is 43.2 Å². The van der Waals surface area contributed by atoms with Gasteiger partial charge in [-0.25, -0.2) is 9.48 Å². The number of rotatable bonds is 4. The van der Waals surface area contributed by atoms with Gasteiger partial charge in [0.05, 0.1) is 24.6 Å². The maximum absolute atomic E-state index is 12.9. The van der Waals surface area contributed by atoms with E-state index in [0.29, 0.717) is 29.4 Å². The molecule has 3 heterocycles. The minimum Gasteiger partial charge on any atom is -0.464 e. The van der Waals surface area contributed by atoms with Crippen molar-refractivity contribution in [3.8, 4) is 5.69 Å². The van der Waals surface area contributed by atoms with Crippen molar-refractivity contribution < 1.29 is 14.3 Å². The van der Waals surface area contributed by atoms with Crippen molar-refractivity contribution in [1.29, 1.82) is 0 Å². The van der Waals surface area contributed by atoms with Crippen molar-refractivity contribution in [3.05, 3.63) is 71.3 Å². The van der Waals surface area contributed by atoms with Crippen LogP contribution in [0.3, 0.4) is 0 Å². The largest absolute Gasteiger partial charge is 0.464 e. The summed E-state index contributed by atoms with van der Waals surface area (Å²) in [5.41, 5.74) is 1.89. The predicted molar refractivity (Wildman–Crippen MR) is 109 cm³/mol. The Morgan fingerprint density at radius 2 is 1.97 bits per heavy atom. The molecule has 8 heteroatoms. The highest BCUT2D eigenvalue weighted by Gasteiger charge is 2.27. The first-order valence-corrected chi connectivity index (χ1v) is 9.79. The van der Waals surface area contributed by atoms with Gasteiger partial charge in [-0.15, -0.1) is 0 Å². The van der Waals surface area contributed by atoms with Crippen LogP contribution >= 0.6 is 11.6 Å². The number of carbonyl (C=O) groups excluding carboxylic acids is 2. The van der Waals surface area contributed by atoms with Crippen LogP contribution < -0.4 is 0 Å². The molecule has 1 fully saturated rings. The number of esters is 1. The van der Waals surface area contributed by atoms with E-state index in [1.165, 1.54) is 7.11 Å². The third-order valence-corrected chi connectivity index (χ3v) is 5.46. The first kappa shape index (κ1) is 19.3. The fourth-order valence-electron chi connectivity index (χ4n) is 3.71. The Bertz CT molecular complexity index is 1030. The van der Waals surface area contributed by atoms with Crippen LogP contribution in [0.5, 0.6) is 0 Å². The molecule has 0 radical (unpaired) electrons. The average Bonchev–Trinajstić information content (AvgIpc) is 3.43. The molecule has 0 bridgehead atoms. The van der Waals surface area contributed by atoms with Gasteiger partial charge in [0.25, 0.3) is 5.91 Å². The molecule has 0 spiro atoms. The second-order valence-corrected chi connectivity index (χ2v) is 7.41. The van der Waals surface area contributed by atoms with Crippen LogP contribution in [0.4, 0.5) is 0 Å². The maximum atomic E-state index is 12.9. The number of hydrogen-bond acceptors (Lipinski definition) is 4. The number of ether oxygens (including phenoxy) is 1. The van der Waals surface area contributed by atoms with Gasteiger partial charge >= 0.3 is 5.97 Å². The van der Waals surface area contributed by atoms with E-state index in [1.807, 2.05) is 33.9 Å². The molecule has 0 unspecified atom stereocenters. The van der Waals surface area contributed by atoms with Crippen LogP contribution in [0.25, 0.3) is 5.69 Å². The highest BCUT2D eigenvalue weighted by atomic mass is 35.5. The van der Waals surface area contributed by atoms with E-state index in [-0.39, 0.29) is 17.9 Å². The molecule has 1 aliphatic heterocycles. The Morgan fingerprint density at radius 3 is 2.69 bits per heavy atom. The quantitative estimate of drug-likeness (QED) is 0.614. The summed E-state index contributed by atoms with van der Waals surface area (Å²) in [4.78, 5) is 26.6. The molecule has 1 amide bonds. The molecule has 0 saturated carbocycles. The molecule has 3 aromatic rings. The van der Waals surface area contributed by atoms with E-state index in [1.54, 1.807) is 35.3 Å².